The largest absolute Gasteiger partial charge is 0.478 e. The molecule has 2 aromatic carbocycles. The van der Waals surface area contributed by atoms with Gasteiger partial charge in [-0.3, -0.25) is 14.5 Å². The van der Waals surface area contributed by atoms with Gasteiger partial charge in [0.05, 0.1) is 11.1 Å². The number of carbonyl (C=O) groups is 3. The molecule has 5 rings (SSSR count). The molecule has 2 fully saturated rings. The number of piperidine rings is 1. The zero-order valence-corrected chi connectivity index (χ0v) is 22.1. The molecule has 2 saturated heterocycles. The van der Waals surface area contributed by atoms with E-state index in [1.54, 1.807) is 41.0 Å². The Labute approximate surface area is 225 Å². The first kappa shape index (κ1) is 26.8. The van der Waals surface area contributed by atoms with E-state index >= 15 is 0 Å². The number of carboxylic acids is 1. The van der Waals surface area contributed by atoms with Crippen LogP contribution in [-0.2, 0) is 0 Å². The maximum Gasteiger partial charge on any atom is 0.335 e. The molecule has 1 aromatic heterocycles. The second-order valence-electron chi connectivity index (χ2n) is 10.6. The third-order valence-electron chi connectivity index (χ3n) is 7.73. The van der Waals surface area contributed by atoms with Crippen molar-refractivity contribution in [1.82, 2.24) is 19.3 Å². The minimum Gasteiger partial charge on any atom is -0.478 e. The van der Waals surface area contributed by atoms with Gasteiger partial charge in [0.15, 0.2) is 0 Å². The van der Waals surface area contributed by atoms with Gasteiger partial charge < -0.3 is 19.5 Å². The van der Waals surface area contributed by atoms with Crippen LogP contribution >= 0.6 is 0 Å². The minimum absolute atomic E-state index is 0.0534. The van der Waals surface area contributed by atoms with Crippen molar-refractivity contribution < 1.29 is 28.3 Å². The van der Waals surface area contributed by atoms with Gasteiger partial charge in [0.1, 0.15) is 5.69 Å². The molecule has 0 aliphatic carbocycles. The van der Waals surface area contributed by atoms with Crippen LogP contribution in [-0.4, -0.2) is 93.4 Å². The number of aromatic carboxylic acids is 1. The van der Waals surface area contributed by atoms with Crippen molar-refractivity contribution in [2.45, 2.75) is 38.7 Å². The molecule has 0 radical (unpaired) electrons. The molecular formula is C29H32F2N4O4. The number of nitrogens with zero attached hydrogens (tertiary/aromatic N) is 4. The van der Waals surface area contributed by atoms with Crippen LogP contribution in [0.25, 0.3) is 16.6 Å². The third kappa shape index (κ3) is 5.38. The molecule has 206 valence electrons. The van der Waals surface area contributed by atoms with Crippen molar-refractivity contribution in [3.8, 4) is 5.69 Å². The molecule has 8 nitrogen and oxygen atoms in total. The highest BCUT2D eigenvalue weighted by molar-refractivity contribution is 6.03. The van der Waals surface area contributed by atoms with Crippen molar-refractivity contribution in [1.29, 1.82) is 0 Å². The lowest BCUT2D eigenvalue weighted by Crippen LogP contribution is -2.50. The van der Waals surface area contributed by atoms with Crippen LogP contribution in [0.3, 0.4) is 0 Å². The molecule has 0 spiro atoms. The number of carbonyl (C=O) groups excluding carboxylic acids is 2. The summed E-state index contributed by atoms with van der Waals surface area (Å²) >= 11 is 0. The molecule has 2 aliphatic heterocycles. The summed E-state index contributed by atoms with van der Waals surface area (Å²) in [6.45, 7) is 6.98. The summed E-state index contributed by atoms with van der Waals surface area (Å²) in [6, 6.07) is 13.5. The number of rotatable bonds is 5. The molecule has 0 unspecified atom stereocenters. The van der Waals surface area contributed by atoms with E-state index in [1.165, 1.54) is 17.0 Å². The lowest BCUT2D eigenvalue weighted by Gasteiger charge is -2.37. The minimum atomic E-state index is -2.80. The summed E-state index contributed by atoms with van der Waals surface area (Å²) in [5.74, 6) is -4.41. The lowest BCUT2D eigenvalue weighted by atomic mass is 10.1. The molecule has 2 amide bonds. The van der Waals surface area contributed by atoms with Crippen LogP contribution in [0.15, 0.2) is 48.5 Å². The number of aromatic nitrogens is 1. The standard InChI is InChI=1S/C29H32F2N4O4/c1-19(2)32-12-14-34(15-13-32)26(36)20-6-7-24-22(16-20)18-25(27(37)33-10-8-29(30,31)9-11-33)35(24)23-5-3-4-21(17-23)28(38)39/h3-7,16-19H,8-15H2,1-2H3,(H,38,39). The molecule has 39 heavy (non-hydrogen) atoms. The summed E-state index contributed by atoms with van der Waals surface area (Å²) in [6.07, 6.45) is -0.813. The molecule has 1 N–H and O–H groups in total. The summed E-state index contributed by atoms with van der Waals surface area (Å²) in [7, 11) is 0. The predicted molar refractivity (Wildman–Crippen MR) is 143 cm³/mol. The topological polar surface area (TPSA) is 86.1 Å². The number of piperazine rings is 1. The quantitative estimate of drug-likeness (QED) is 0.522. The van der Waals surface area contributed by atoms with Crippen LogP contribution in [0.2, 0.25) is 0 Å². The molecule has 0 atom stereocenters. The van der Waals surface area contributed by atoms with Gasteiger partial charge in [-0.25, -0.2) is 13.6 Å². The van der Waals surface area contributed by atoms with Gasteiger partial charge in [-0.15, -0.1) is 0 Å². The van der Waals surface area contributed by atoms with Crippen molar-refractivity contribution in [3.05, 3.63) is 65.4 Å². The fourth-order valence-corrected chi connectivity index (χ4v) is 5.38. The first-order valence-corrected chi connectivity index (χ1v) is 13.2. The normalized spacial score (nSPS) is 18.1. The van der Waals surface area contributed by atoms with E-state index < -0.39 is 30.6 Å². The van der Waals surface area contributed by atoms with Crippen molar-refractivity contribution in [2.24, 2.45) is 0 Å². The second kappa shape index (κ2) is 10.4. The summed E-state index contributed by atoms with van der Waals surface area (Å²) < 4.78 is 29.2. The van der Waals surface area contributed by atoms with Crippen LogP contribution < -0.4 is 0 Å². The summed E-state index contributed by atoms with van der Waals surface area (Å²) in [4.78, 5) is 44.1. The Hall–Kier alpha value is -3.79. The van der Waals surface area contributed by atoms with E-state index in [0.29, 0.717) is 41.3 Å². The van der Waals surface area contributed by atoms with Gasteiger partial charge >= 0.3 is 5.97 Å². The van der Waals surface area contributed by atoms with Crippen molar-refractivity contribution in [3.63, 3.8) is 0 Å². The van der Waals surface area contributed by atoms with E-state index in [4.69, 9.17) is 0 Å². The lowest BCUT2D eigenvalue weighted by molar-refractivity contribution is -0.0495. The molecule has 2 aliphatic rings. The Morgan fingerprint density at radius 3 is 2.13 bits per heavy atom. The van der Waals surface area contributed by atoms with E-state index in [1.807, 2.05) is 4.90 Å². The van der Waals surface area contributed by atoms with Gasteiger partial charge in [-0.05, 0) is 56.3 Å². The SMILES string of the molecule is CC(C)N1CCN(C(=O)c2ccc3c(c2)cc(C(=O)N2CCC(F)(F)CC2)n3-c2cccc(C(=O)O)c2)CC1. The number of hydrogen-bond donors (Lipinski definition) is 1. The van der Waals surface area contributed by atoms with Gasteiger partial charge in [-0.1, -0.05) is 6.07 Å². The Bertz CT molecular complexity index is 1420. The number of carboxylic acid groups (broad SMARTS) is 1. The smallest absolute Gasteiger partial charge is 0.335 e. The highest BCUT2D eigenvalue weighted by Crippen LogP contribution is 2.31. The van der Waals surface area contributed by atoms with Crippen molar-refractivity contribution >= 4 is 28.7 Å². The number of fused-ring (bicyclic) bond motifs is 1. The highest BCUT2D eigenvalue weighted by Gasteiger charge is 2.36. The fourth-order valence-electron chi connectivity index (χ4n) is 5.38. The Kier molecular flexibility index (Phi) is 7.15. The zero-order chi connectivity index (χ0) is 27.9. The van der Waals surface area contributed by atoms with Crippen LogP contribution in [0, 0.1) is 0 Å². The second-order valence-corrected chi connectivity index (χ2v) is 10.6. The van der Waals surface area contributed by atoms with Gasteiger partial charge in [0, 0.05) is 74.8 Å². The molecule has 0 bridgehead atoms. The molecule has 10 heteroatoms. The number of hydrogen-bond acceptors (Lipinski definition) is 4. The molecule has 3 heterocycles. The van der Waals surface area contributed by atoms with E-state index in [2.05, 4.69) is 18.7 Å². The third-order valence-corrected chi connectivity index (χ3v) is 7.73. The summed E-state index contributed by atoms with van der Waals surface area (Å²) in [5, 5.41) is 10.2. The van der Waals surface area contributed by atoms with Gasteiger partial charge in [-0.2, -0.15) is 0 Å². The number of alkyl halides is 2. The fraction of sp³-hybridized carbons (Fsp3) is 0.414. The van der Waals surface area contributed by atoms with Crippen LogP contribution in [0.5, 0.6) is 0 Å². The average molecular weight is 539 g/mol. The number of benzene rings is 2. The number of likely N-dealkylation sites (tertiary alicyclic amines) is 1. The van der Waals surface area contributed by atoms with E-state index in [0.717, 1.165) is 13.1 Å². The Balaban J connectivity index is 1.52. The first-order valence-electron chi connectivity index (χ1n) is 13.2. The maximum atomic E-state index is 13.8. The van der Waals surface area contributed by atoms with Gasteiger partial charge in [0.2, 0.25) is 0 Å². The number of halogens is 2. The van der Waals surface area contributed by atoms with Crippen LogP contribution in [0.4, 0.5) is 8.78 Å². The zero-order valence-electron chi connectivity index (χ0n) is 22.1. The molecule has 3 aromatic rings. The summed E-state index contributed by atoms with van der Waals surface area (Å²) in [5.41, 5.74) is 1.85. The Morgan fingerprint density at radius 1 is 0.821 bits per heavy atom. The number of amides is 2. The molecule has 0 saturated carbocycles. The monoisotopic (exact) mass is 538 g/mol. The Morgan fingerprint density at radius 2 is 1.49 bits per heavy atom. The predicted octanol–water partition coefficient (Wildman–Crippen LogP) is 4.37. The first-order chi connectivity index (χ1) is 18.5. The van der Waals surface area contributed by atoms with E-state index in [-0.39, 0.29) is 30.3 Å². The van der Waals surface area contributed by atoms with Crippen molar-refractivity contribution in [2.75, 3.05) is 39.3 Å². The van der Waals surface area contributed by atoms with E-state index in [9.17, 15) is 28.3 Å². The average Bonchev–Trinajstić information content (AvgIpc) is 3.31. The van der Waals surface area contributed by atoms with Crippen LogP contribution in [0.1, 0.15) is 57.9 Å². The highest BCUT2D eigenvalue weighted by atomic mass is 19.3. The molecular weight excluding hydrogens is 506 g/mol. The maximum absolute atomic E-state index is 13.8. The van der Waals surface area contributed by atoms with Gasteiger partial charge in [0.25, 0.3) is 17.7 Å².